The van der Waals surface area contributed by atoms with E-state index >= 15 is 0 Å². The van der Waals surface area contributed by atoms with Gasteiger partial charge in [0, 0.05) is 0 Å². The molecule has 1 N–H and O–H groups in total. The van der Waals surface area contributed by atoms with Crippen LogP contribution in [0, 0.1) is 11.3 Å². The van der Waals surface area contributed by atoms with Gasteiger partial charge in [-0.15, -0.1) is 0 Å². The number of hydrogen-bond acceptors (Lipinski definition) is 3. The van der Waals surface area contributed by atoms with E-state index in [1.165, 1.54) is 0 Å². The molecule has 3 heteroatoms. The van der Waals surface area contributed by atoms with Crippen molar-refractivity contribution < 1.29 is 14.6 Å². The number of carbonyl (C=O) groups is 1. The number of hydrogen-bond donors (Lipinski definition) is 1. The van der Waals surface area contributed by atoms with Crippen LogP contribution in [0.25, 0.3) is 0 Å². The SMILES string of the molecule is O=C(OCC1CC(O)C1)C12C=CC=CC1=CCC=C2. The van der Waals surface area contributed by atoms with Gasteiger partial charge in [-0.2, -0.15) is 0 Å². The Morgan fingerprint density at radius 1 is 1.37 bits per heavy atom. The first-order valence-electron chi connectivity index (χ1n) is 6.80. The Hall–Kier alpha value is -1.61. The molecule has 1 saturated carbocycles. The minimum atomic E-state index is -0.727. The summed E-state index contributed by atoms with van der Waals surface area (Å²) in [5, 5.41) is 9.24. The molecule has 0 spiro atoms. The first-order chi connectivity index (χ1) is 9.21. The zero-order chi connectivity index (χ0) is 13.3. The van der Waals surface area contributed by atoms with Gasteiger partial charge in [0.05, 0.1) is 12.7 Å². The van der Waals surface area contributed by atoms with E-state index < -0.39 is 5.41 Å². The minimum absolute atomic E-state index is 0.204. The van der Waals surface area contributed by atoms with Crippen molar-refractivity contribution in [1.29, 1.82) is 0 Å². The number of fused-ring (bicyclic) bond motifs is 1. The van der Waals surface area contributed by atoms with Crippen LogP contribution in [0.2, 0.25) is 0 Å². The van der Waals surface area contributed by atoms with Gasteiger partial charge in [0.15, 0.2) is 0 Å². The largest absolute Gasteiger partial charge is 0.464 e. The van der Waals surface area contributed by atoms with E-state index in [1.54, 1.807) is 0 Å². The molecular weight excluding hydrogens is 240 g/mol. The van der Waals surface area contributed by atoms with E-state index in [9.17, 15) is 9.90 Å². The number of aliphatic hydroxyl groups is 1. The van der Waals surface area contributed by atoms with Gasteiger partial charge in [0.1, 0.15) is 5.41 Å². The molecule has 1 fully saturated rings. The first-order valence-corrected chi connectivity index (χ1v) is 6.80. The van der Waals surface area contributed by atoms with Gasteiger partial charge in [0.25, 0.3) is 0 Å². The highest BCUT2D eigenvalue weighted by atomic mass is 16.5. The fourth-order valence-corrected chi connectivity index (χ4v) is 2.84. The molecule has 0 bridgehead atoms. The molecule has 0 heterocycles. The maximum absolute atomic E-state index is 12.4. The van der Waals surface area contributed by atoms with Crippen LogP contribution in [0.3, 0.4) is 0 Å². The molecule has 3 aliphatic rings. The van der Waals surface area contributed by atoms with E-state index in [0.29, 0.717) is 12.5 Å². The summed E-state index contributed by atoms with van der Waals surface area (Å²) in [4.78, 5) is 12.4. The van der Waals surface area contributed by atoms with E-state index in [-0.39, 0.29) is 12.1 Å². The van der Waals surface area contributed by atoms with Crippen molar-refractivity contribution in [3.63, 3.8) is 0 Å². The molecule has 0 aliphatic heterocycles. The Labute approximate surface area is 113 Å². The van der Waals surface area contributed by atoms with Crippen molar-refractivity contribution in [2.45, 2.75) is 25.4 Å². The Bertz CT molecular complexity index is 492. The molecule has 0 aromatic carbocycles. The Balaban J connectivity index is 1.69. The quantitative estimate of drug-likeness (QED) is 0.624. The number of rotatable bonds is 3. The number of esters is 1. The number of aliphatic hydroxyl groups excluding tert-OH is 1. The van der Waals surface area contributed by atoms with Gasteiger partial charge in [-0.1, -0.05) is 42.5 Å². The Morgan fingerprint density at radius 2 is 2.21 bits per heavy atom. The average Bonchev–Trinajstić information content (AvgIpc) is 2.42. The van der Waals surface area contributed by atoms with E-state index in [0.717, 1.165) is 24.8 Å². The second kappa shape index (κ2) is 4.82. The van der Waals surface area contributed by atoms with E-state index in [4.69, 9.17) is 4.74 Å². The van der Waals surface area contributed by atoms with E-state index in [2.05, 4.69) is 6.08 Å². The summed E-state index contributed by atoms with van der Waals surface area (Å²) in [6, 6.07) is 0. The number of allylic oxidation sites excluding steroid dienone is 5. The van der Waals surface area contributed by atoms with Crippen LogP contribution in [0.15, 0.2) is 48.1 Å². The highest BCUT2D eigenvalue weighted by Crippen LogP contribution is 2.39. The number of carbonyl (C=O) groups excluding carboxylic acids is 1. The lowest BCUT2D eigenvalue weighted by Gasteiger charge is -2.34. The second-order valence-corrected chi connectivity index (χ2v) is 5.47. The molecule has 3 rings (SSSR count). The zero-order valence-corrected chi connectivity index (χ0v) is 10.8. The van der Waals surface area contributed by atoms with Crippen LogP contribution >= 0.6 is 0 Å². The lowest BCUT2D eigenvalue weighted by Crippen LogP contribution is -2.37. The van der Waals surface area contributed by atoms with Crippen molar-refractivity contribution >= 4 is 5.97 Å². The molecule has 0 saturated heterocycles. The molecule has 3 aliphatic carbocycles. The summed E-state index contributed by atoms with van der Waals surface area (Å²) in [5.41, 5.74) is 0.270. The highest BCUT2D eigenvalue weighted by Gasteiger charge is 2.40. The lowest BCUT2D eigenvalue weighted by atomic mass is 9.74. The molecule has 3 nitrogen and oxygen atoms in total. The van der Waals surface area contributed by atoms with Crippen molar-refractivity contribution in [1.82, 2.24) is 0 Å². The van der Waals surface area contributed by atoms with E-state index in [1.807, 2.05) is 36.5 Å². The zero-order valence-electron chi connectivity index (χ0n) is 10.8. The summed E-state index contributed by atoms with van der Waals surface area (Å²) in [7, 11) is 0. The van der Waals surface area contributed by atoms with Crippen LogP contribution < -0.4 is 0 Å². The van der Waals surface area contributed by atoms with Crippen LogP contribution in [0.1, 0.15) is 19.3 Å². The van der Waals surface area contributed by atoms with Gasteiger partial charge in [-0.25, -0.2) is 0 Å². The lowest BCUT2D eigenvalue weighted by molar-refractivity contribution is -0.152. The molecule has 19 heavy (non-hydrogen) atoms. The normalized spacial score (nSPS) is 35.3. The minimum Gasteiger partial charge on any atom is -0.464 e. The molecule has 0 aromatic heterocycles. The number of ether oxygens (including phenoxy) is 1. The van der Waals surface area contributed by atoms with Crippen molar-refractivity contribution in [3.8, 4) is 0 Å². The second-order valence-electron chi connectivity index (χ2n) is 5.47. The third-order valence-electron chi connectivity index (χ3n) is 4.08. The van der Waals surface area contributed by atoms with Crippen LogP contribution in [-0.4, -0.2) is 23.8 Å². The summed E-state index contributed by atoms with van der Waals surface area (Å²) < 4.78 is 5.47. The molecule has 0 radical (unpaired) electrons. The first kappa shape index (κ1) is 12.4. The topological polar surface area (TPSA) is 46.5 Å². The van der Waals surface area contributed by atoms with Gasteiger partial charge < -0.3 is 9.84 Å². The molecular formula is C16H18O3. The maximum atomic E-state index is 12.4. The summed E-state index contributed by atoms with van der Waals surface area (Å²) in [6.45, 7) is 0.413. The van der Waals surface area contributed by atoms with Crippen molar-refractivity contribution in [3.05, 3.63) is 48.1 Å². The fraction of sp³-hybridized carbons (Fsp3) is 0.438. The third kappa shape index (κ3) is 2.19. The standard InChI is InChI=1S/C16H18O3/c17-14-9-12(10-14)11-19-15(18)16-7-3-1-5-13(16)6-2-4-8-16/h1,3-8,12,14,17H,2,9-11H2. The van der Waals surface area contributed by atoms with Crippen molar-refractivity contribution in [2.24, 2.45) is 11.3 Å². The van der Waals surface area contributed by atoms with Crippen LogP contribution in [0.4, 0.5) is 0 Å². The summed E-state index contributed by atoms with van der Waals surface area (Å²) in [5.74, 6) is 0.107. The Kier molecular flexibility index (Phi) is 3.15. The van der Waals surface area contributed by atoms with Crippen LogP contribution in [-0.2, 0) is 9.53 Å². The summed E-state index contributed by atoms with van der Waals surface area (Å²) >= 11 is 0. The van der Waals surface area contributed by atoms with Crippen molar-refractivity contribution in [2.75, 3.05) is 6.61 Å². The van der Waals surface area contributed by atoms with Crippen LogP contribution in [0.5, 0.6) is 0 Å². The Morgan fingerprint density at radius 3 is 3.00 bits per heavy atom. The molecule has 0 aromatic rings. The smallest absolute Gasteiger partial charge is 0.324 e. The van der Waals surface area contributed by atoms with Gasteiger partial charge >= 0.3 is 5.97 Å². The van der Waals surface area contributed by atoms with Gasteiger partial charge in [0.2, 0.25) is 0 Å². The molecule has 1 unspecified atom stereocenters. The maximum Gasteiger partial charge on any atom is 0.324 e. The molecule has 100 valence electrons. The predicted molar refractivity (Wildman–Crippen MR) is 72.2 cm³/mol. The average molecular weight is 258 g/mol. The summed E-state index contributed by atoms with van der Waals surface area (Å²) in [6.07, 6.45) is 15.8. The third-order valence-corrected chi connectivity index (χ3v) is 4.08. The molecule has 1 atom stereocenters. The van der Waals surface area contributed by atoms with Gasteiger partial charge in [-0.05, 0) is 30.8 Å². The van der Waals surface area contributed by atoms with Gasteiger partial charge in [-0.3, -0.25) is 4.79 Å². The monoisotopic (exact) mass is 258 g/mol. The molecule has 0 amide bonds. The highest BCUT2D eigenvalue weighted by molar-refractivity contribution is 5.87. The fourth-order valence-electron chi connectivity index (χ4n) is 2.84. The predicted octanol–water partition coefficient (Wildman–Crippen LogP) is 2.30.